The van der Waals surface area contributed by atoms with Gasteiger partial charge in [-0.3, -0.25) is 0 Å². The summed E-state index contributed by atoms with van der Waals surface area (Å²) in [5.74, 6) is 1.28. The second-order valence-corrected chi connectivity index (χ2v) is 5.19. The molecule has 0 radical (unpaired) electrons. The number of aliphatic hydroxyl groups excluding tert-OH is 1. The largest absolute Gasteiger partial charge is 0.392 e. The predicted octanol–water partition coefficient (Wildman–Crippen LogP) is 1.12. The zero-order chi connectivity index (χ0) is 11.7. The summed E-state index contributed by atoms with van der Waals surface area (Å²) in [6, 6.07) is 4.06. The normalized spacial score (nSPS) is 24.3. The quantitative estimate of drug-likeness (QED) is 0.855. The Labute approximate surface area is 102 Å². The lowest BCUT2D eigenvalue weighted by molar-refractivity contribution is 0.191. The molecule has 0 aliphatic carbocycles. The van der Waals surface area contributed by atoms with Crippen LogP contribution >= 0.6 is 11.3 Å². The molecule has 90 valence electrons. The minimum absolute atomic E-state index is 0.00501. The fraction of sp³-hybridized carbons (Fsp3) is 0.455. The van der Waals surface area contributed by atoms with Crippen LogP contribution in [0.4, 0.5) is 0 Å². The molecule has 1 saturated heterocycles. The van der Waals surface area contributed by atoms with Gasteiger partial charge in [-0.15, -0.1) is 11.3 Å². The summed E-state index contributed by atoms with van der Waals surface area (Å²) in [5, 5.41) is 18.6. The average molecular weight is 251 g/mol. The van der Waals surface area contributed by atoms with Crippen molar-refractivity contribution in [3.8, 4) is 0 Å². The molecule has 3 rings (SSSR count). The molecule has 0 unspecified atom stereocenters. The number of nitrogens with one attached hydrogen (secondary N) is 1. The lowest BCUT2D eigenvalue weighted by atomic mass is 10.2. The highest BCUT2D eigenvalue weighted by Crippen LogP contribution is 2.22. The van der Waals surface area contributed by atoms with Gasteiger partial charge in [-0.1, -0.05) is 11.2 Å². The van der Waals surface area contributed by atoms with Crippen LogP contribution in [0.25, 0.3) is 0 Å². The van der Waals surface area contributed by atoms with Crippen molar-refractivity contribution in [1.82, 2.24) is 15.5 Å². The number of aliphatic hydroxyl groups is 1. The van der Waals surface area contributed by atoms with Gasteiger partial charge in [0.25, 0.3) is 0 Å². The SMILES string of the molecule is O[C@@H]1CN[C@H](c2nc(Cc3cccs3)no2)C1. The zero-order valence-corrected chi connectivity index (χ0v) is 9.98. The van der Waals surface area contributed by atoms with E-state index in [2.05, 4.69) is 21.5 Å². The molecular formula is C11H13N3O2S. The van der Waals surface area contributed by atoms with Crippen LogP contribution < -0.4 is 5.32 Å². The van der Waals surface area contributed by atoms with E-state index >= 15 is 0 Å². The molecule has 0 aromatic carbocycles. The minimum Gasteiger partial charge on any atom is -0.392 e. The molecule has 0 amide bonds. The van der Waals surface area contributed by atoms with Gasteiger partial charge in [0.05, 0.1) is 12.1 Å². The van der Waals surface area contributed by atoms with Gasteiger partial charge in [0.1, 0.15) is 0 Å². The summed E-state index contributed by atoms with van der Waals surface area (Å²) in [7, 11) is 0. The Kier molecular flexibility index (Phi) is 2.92. The molecule has 17 heavy (non-hydrogen) atoms. The summed E-state index contributed by atoms with van der Waals surface area (Å²) in [6.45, 7) is 0.591. The summed E-state index contributed by atoms with van der Waals surface area (Å²) >= 11 is 1.68. The first-order chi connectivity index (χ1) is 8.31. The van der Waals surface area contributed by atoms with Crippen LogP contribution in [0.15, 0.2) is 22.0 Å². The van der Waals surface area contributed by atoms with Crippen LogP contribution in [0, 0.1) is 0 Å². The Morgan fingerprint density at radius 2 is 2.53 bits per heavy atom. The molecule has 2 aromatic rings. The van der Waals surface area contributed by atoms with Crippen molar-refractivity contribution in [1.29, 1.82) is 0 Å². The molecule has 1 aliphatic rings. The highest BCUT2D eigenvalue weighted by molar-refractivity contribution is 7.09. The topological polar surface area (TPSA) is 71.2 Å². The van der Waals surface area contributed by atoms with Gasteiger partial charge in [0, 0.05) is 17.8 Å². The number of hydrogen-bond acceptors (Lipinski definition) is 6. The van der Waals surface area contributed by atoms with Crippen LogP contribution in [0.2, 0.25) is 0 Å². The molecule has 3 heterocycles. The third-order valence-corrected chi connectivity index (χ3v) is 3.68. The van der Waals surface area contributed by atoms with Crippen molar-refractivity contribution in [3.63, 3.8) is 0 Å². The minimum atomic E-state index is -0.312. The molecule has 6 heteroatoms. The maximum Gasteiger partial charge on any atom is 0.243 e. The number of aromatic nitrogens is 2. The zero-order valence-electron chi connectivity index (χ0n) is 9.17. The summed E-state index contributed by atoms with van der Waals surface area (Å²) in [4.78, 5) is 5.58. The van der Waals surface area contributed by atoms with Crippen molar-refractivity contribution >= 4 is 11.3 Å². The maximum atomic E-state index is 9.42. The number of thiophene rings is 1. The van der Waals surface area contributed by atoms with E-state index in [1.807, 2.05) is 11.4 Å². The molecular weight excluding hydrogens is 238 g/mol. The fourth-order valence-electron chi connectivity index (χ4n) is 1.95. The highest BCUT2D eigenvalue weighted by atomic mass is 32.1. The monoisotopic (exact) mass is 251 g/mol. The smallest absolute Gasteiger partial charge is 0.243 e. The van der Waals surface area contributed by atoms with Gasteiger partial charge in [0.15, 0.2) is 5.82 Å². The van der Waals surface area contributed by atoms with Crippen molar-refractivity contribution < 1.29 is 9.63 Å². The van der Waals surface area contributed by atoms with E-state index in [1.165, 1.54) is 4.88 Å². The Morgan fingerprint density at radius 3 is 3.24 bits per heavy atom. The fourth-order valence-corrected chi connectivity index (χ4v) is 2.66. The summed E-state index contributed by atoms with van der Waals surface area (Å²) in [5.41, 5.74) is 0. The van der Waals surface area contributed by atoms with Gasteiger partial charge in [-0.05, 0) is 17.9 Å². The van der Waals surface area contributed by atoms with Crippen LogP contribution in [-0.2, 0) is 6.42 Å². The van der Waals surface area contributed by atoms with E-state index in [0.717, 1.165) is 0 Å². The Morgan fingerprint density at radius 1 is 1.59 bits per heavy atom. The van der Waals surface area contributed by atoms with Crippen molar-refractivity contribution in [3.05, 3.63) is 34.1 Å². The molecule has 0 bridgehead atoms. The predicted molar refractivity (Wildman–Crippen MR) is 62.8 cm³/mol. The van der Waals surface area contributed by atoms with Gasteiger partial charge in [0.2, 0.25) is 5.89 Å². The van der Waals surface area contributed by atoms with E-state index in [0.29, 0.717) is 31.1 Å². The molecule has 0 saturated carbocycles. The van der Waals surface area contributed by atoms with E-state index in [9.17, 15) is 5.11 Å². The average Bonchev–Trinajstić information content (AvgIpc) is 2.99. The van der Waals surface area contributed by atoms with Crippen LogP contribution in [0.3, 0.4) is 0 Å². The first kappa shape index (κ1) is 10.9. The van der Waals surface area contributed by atoms with Gasteiger partial charge in [-0.25, -0.2) is 0 Å². The first-order valence-electron chi connectivity index (χ1n) is 5.57. The van der Waals surface area contributed by atoms with Gasteiger partial charge >= 0.3 is 0 Å². The molecule has 2 atom stereocenters. The lowest BCUT2D eigenvalue weighted by Crippen LogP contribution is -2.15. The standard InChI is InChI=1S/C11H13N3O2S/c15-7-4-9(12-6-7)11-13-10(14-16-11)5-8-2-1-3-17-8/h1-3,7,9,12,15H,4-6H2/t7-,9-/m0/s1. The summed E-state index contributed by atoms with van der Waals surface area (Å²) < 4.78 is 5.22. The van der Waals surface area contributed by atoms with E-state index in [1.54, 1.807) is 11.3 Å². The number of hydrogen-bond donors (Lipinski definition) is 2. The maximum absolute atomic E-state index is 9.42. The summed E-state index contributed by atoms with van der Waals surface area (Å²) in [6.07, 6.45) is 1.03. The Bertz CT molecular complexity index is 483. The molecule has 5 nitrogen and oxygen atoms in total. The van der Waals surface area contributed by atoms with Gasteiger partial charge in [-0.2, -0.15) is 4.98 Å². The van der Waals surface area contributed by atoms with E-state index in [4.69, 9.17) is 4.52 Å². The highest BCUT2D eigenvalue weighted by Gasteiger charge is 2.28. The number of rotatable bonds is 3. The molecule has 2 aromatic heterocycles. The number of β-amino-alcohol motifs (C(OH)–C–C–N with tert-alkyl or cyclic N) is 1. The van der Waals surface area contributed by atoms with Crippen LogP contribution in [0.5, 0.6) is 0 Å². The number of nitrogens with zero attached hydrogens (tertiary/aromatic N) is 2. The second kappa shape index (κ2) is 4.56. The first-order valence-corrected chi connectivity index (χ1v) is 6.45. The van der Waals surface area contributed by atoms with Crippen LogP contribution in [-0.4, -0.2) is 27.9 Å². The van der Waals surface area contributed by atoms with Crippen molar-refractivity contribution in [2.75, 3.05) is 6.54 Å². The Balaban J connectivity index is 1.70. The molecule has 2 N–H and O–H groups in total. The van der Waals surface area contributed by atoms with E-state index in [-0.39, 0.29) is 12.1 Å². The van der Waals surface area contributed by atoms with Crippen molar-refractivity contribution in [2.24, 2.45) is 0 Å². The lowest BCUT2D eigenvalue weighted by Gasteiger charge is -2.01. The molecule has 0 spiro atoms. The second-order valence-electron chi connectivity index (χ2n) is 4.16. The van der Waals surface area contributed by atoms with Crippen molar-refractivity contribution in [2.45, 2.75) is 25.0 Å². The molecule has 1 aliphatic heterocycles. The third-order valence-electron chi connectivity index (χ3n) is 2.80. The van der Waals surface area contributed by atoms with Gasteiger partial charge < -0.3 is 14.9 Å². The van der Waals surface area contributed by atoms with Crippen LogP contribution in [0.1, 0.15) is 29.1 Å². The third kappa shape index (κ3) is 2.38. The molecule has 1 fully saturated rings. The van der Waals surface area contributed by atoms with E-state index < -0.39 is 0 Å². The Hall–Kier alpha value is -1.24.